The average molecular weight is 235 g/mol. The van der Waals surface area contributed by atoms with Crippen LogP contribution in [0.25, 0.3) is 0 Å². The van der Waals surface area contributed by atoms with Gasteiger partial charge in [0.1, 0.15) is 9.84 Å². The van der Waals surface area contributed by atoms with Crippen LogP contribution in [0.1, 0.15) is 34.1 Å². The lowest BCUT2D eigenvalue weighted by molar-refractivity contribution is 0.294. The molecule has 0 saturated heterocycles. The van der Waals surface area contributed by atoms with Gasteiger partial charge in [-0.25, -0.2) is 8.42 Å². The molecule has 0 aliphatic heterocycles. The molecule has 1 N–H and O–H groups in total. The molecule has 0 radical (unpaired) electrons. The number of hydrogen-bond donors (Lipinski definition) is 1. The molecule has 92 valence electrons. The van der Waals surface area contributed by atoms with E-state index in [2.05, 4.69) is 26.1 Å². The fraction of sp³-hybridized carbons (Fsp3) is 1.00. The highest BCUT2D eigenvalue weighted by atomic mass is 32.2. The van der Waals surface area contributed by atoms with E-state index in [4.69, 9.17) is 0 Å². The molecule has 0 amide bonds. The summed E-state index contributed by atoms with van der Waals surface area (Å²) in [6.07, 6.45) is 0.760. The first-order valence-corrected chi connectivity index (χ1v) is 7.53. The lowest BCUT2D eigenvalue weighted by Gasteiger charge is -2.27. The highest BCUT2D eigenvalue weighted by molar-refractivity contribution is 7.91. The van der Waals surface area contributed by atoms with E-state index in [-0.39, 0.29) is 5.75 Å². The summed E-state index contributed by atoms with van der Waals surface area (Å²) in [5.41, 5.74) is 0. The molecule has 2 atom stereocenters. The summed E-state index contributed by atoms with van der Waals surface area (Å²) in [7, 11) is -0.893. The van der Waals surface area contributed by atoms with Crippen LogP contribution in [-0.4, -0.2) is 33.0 Å². The van der Waals surface area contributed by atoms with Crippen LogP contribution in [-0.2, 0) is 9.84 Å². The van der Waals surface area contributed by atoms with Gasteiger partial charge in [-0.3, -0.25) is 0 Å². The van der Waals surface area contributed by atoms with Gasteiger partial charge in [-0.2, -0.15) is 0 Å². The fourth-order valence-electron chi connectivity index (χ4n) is 1.83. The Hall–Kier alpha value is -0.0900. The van der Waals surface area contributed by atoms with E-state index in [1.165, 1.54) is 0 Å². The standard InChI is InChI=1S/C11H25NO2S/c1-6-15(13,14)8-7-11(9(2)3)10(4)12-5/h9-12H,6-8H2,1-5H3. The molecular formula is C11H25NO2S. The second kappa shape index (κ2) is 6.48. The first-order valence-electron chi connectivity index (χ1n) is 5.71. The highest BCUT2D eigenvalue weighted by Gasteiger charge is 2.21. The Labute approximate surface area is 94.6 Å². The van der Waals surface area contributed by atoms with Gasteiger partial charge in [0.25, 0.3) is 0 Å². The SMILES string of the molecule is CCS(=O)(=O)CCC(C(C)C)C(C)NC. The number of sulfone groups is 1. The zero-order valence-electron chi connectivity index (χ0n) is 10.6. The maximum absolute atomic E-state index is 11.4. The quantitative estimate of drug-likeness (QED) is 0.730. The summed E-state index contributed by atoms with van der Waals surface area (Å²) in [4.78, 5) is 0. The third kappa shape index (κ3) is 5.52. The van der Waals surface area contributed by atoms with Crippen molar-refractivity contribution in [2.75, 3.05) is 18.6 Å². The summed E-state index contributed by atoms with van der Waals surface area (Å²) in [5, 5.41) is 3.21. The summed E-state index contributed by atoms with van der Waals surface area (Å²) >= 11 is 0. The third-order valence-corrected chi connectivity index (χ3v) is 4.89. The molecule has 0 aliphatic carbocycles. The van der Waals surface area contributed by atoms with Gasteiger partial charge in [0, 0.05) is 11.8 Å². The largest absolute Gasteiger partial charge is 0.317 e. The maximum atomic E-state index is 11.4. The molecule has 0 heterocycles. The predicted molar refractivity (Wildman–Crippen MR) is 65.8 cm³/mol. The van der Waals surface area contributed by atoms with Gasteiger partial charge in [0.15, 0.2) is 0 Å². The first-order chi connectivity index (χ1) is 6.84. The zero-order chi connectivity index (χ0) is 12.1. The van der Waals surface area contributed by atoms with Crippen molar-refractivity contribution in [3.8, 4) is 0 Å². The lowest BCUT2D eigenvalue weighted by atomic mass is 9.87. The molecule has 0 aromatic rings. The molecule has 2 unspecified atom stereocenters. The van der Waals surface area contributed by atoms with Crippen LogP contribution >= 0.6 is 0 Å². The monoisotopic (exact) mass is 235 g/mol. The van der Waals surface area contributed by atoms with E-state index in [0.717, 1.165) is 6.42 Å². The van der Waals surface area contributed by atoms with Gasteiger partial charge < -0.3 is 5.32 Å². The number of nitrogens with one attached hydrogen (secondary N) is 1. The fourth-order valence-corrected chi connectivity index (χ4v) is 2.75. The molecule has 0 fully saturated rings. The summed E-state index contributed by atoms with van der Waals surface area (Å²) in [6.45, 7) is 8.12. The minimum absolute atomic E-state index is 0.256. The van der Waals surface area contributed by atoms with Crippen molar-refractivity contribution in [1.29, 1.82) is 0 Å². The van der Waals surface area contributed by atoms with Crippen LogP contribution in [0.3, 0.4) is 0 Å². The van der Waals surface area contributed by atoms with Gasteiger partial charge in [-0.1, -0.05) is 20.8 Å². The molecule has 3 nitrogen and oxygen atoms in total. The van der Waals surface area contributed by atoms with Gasteiger partial charge in [0.05, 0.1) is 5.75 Å². The van der Waals surface area contributed by atoms with Crippen LogP contribution in [0.5, 0.6) is 0 Å². The Morgan fingerprint density at radius 2 is 1.73 bits per heavy atom. The topological polar surface area (TPSA) is 46.2 Å². The zero-order valence-corrected chi connectivity index (χ0v) is 11.4. The van der Waals surface area contributed by atoms with E-state index in [9.17, 15) is 8.42 Å². The maximum Gasteiger partial charge on any atom is 0.150 e. The highest BCUT2D eigenvalue weighted by Crippen LogP contribution is 2.20. The van der Waals surface area contributed by atoms with Crippen LogP contribution < -0.4 is 5.32 Å². The van der Waals surface area contributed by atoms with Crippen molar-refractivity contribution in [3.63, 3.8) is 0 Å². The molecule has 0 spiro atoms. The van der Waals surface area contributed by atoms with Crippen molar-refractivity contribution < 1.29 is 8.42 Å². The van der Waals surface area contributed by atoms with Crippen LogP contribution in [0.15, 0.2) is 0 Å². The van der Waals surface area contributed by atoms with Crippen LogP contribution in [0, 0.1) is 11.8 Å². The number of rotatable bonds is 7. The van der Waals surface area contributed by atoms with Crippen molar-refractivity contribution in [2.45, 2.75) is 40.2 Å². The van der Waals surface area contributed by atoms with Gasteiger partial charge in [0.2, 0.25) is 0 Å². The third-order valence-electron chi connectivity index (χ3n) is 3.16. The minimum Gasteiger partial charge on any atom is -0.317 e. The lowest BCUT2D eigenvalue weighted by Crippen LogP contribution is -2.35. The molecule has 0 bridgehead atoms. The molecule has 0 rings (SSSR count). The molecule has 0 aromatic heterocycles. The van der Waals surface area contributed by atoms with Crippen molar-refractivity contribution in [3.05, 3.63) is 0 Å². The van der Waals surface area contributed by atoms with Crippen LogP contribution in [0.2, 0.25) is 0 Å². The second-order valence-corrected chi connectivity index (χ2v) is 6.98. The summed E-state index contributed by atoms with van der Waals surface area (Å²) in [5.74, 6) is 1.51. The molecule has 0 saturated carbocycles. The Morgan fingerprint density at radius 1 is 1.20 bits per heavy atom. The smallest absolute Gasteiger partial charge is 0.150 e. The Kier molecular flexibility index (Phi) is 6.44. The Morgan fingerprint density at radius 3 is 2.07 bits per heavy atom. The normalized spacial score (nSPS) is 16.7. The second-order valence-electron chi connectivity index (χ2n) is 4.51. The van der Waals surface area contributed by atoms with Gasteiger partial charge in [-0.05, 0) is 32.2 Å². The van der Waals surface area contributed by atoms with Crippen molar-refractivity contribution >= 4 is 9.84 Å². The molecule has 0 aliphatic rings. The van der Waals surface area contributed by atoms with E-state index >= 15 is 0 Å². The predicted octanol–water partition coefficient (Wildman–Crippen LogP) is 1.69. The minimum atomic E-state index is -2.82. The molecule has 0 aromatic carbocycles. The van der Waals surface area contributed by atoms with E-state index in [1.807, 2.05) is 7.05 Å². The number of hydrogen-bond acceptors (Lipinski definition) is 3. The van der Waals surface area contributed by atoms with E-state index in [0.29, 0.717) is 23.6 Å². The molecule has 15 heavy (non-hydrogen) atoms. The van der Waals surface area contributed by atoms with Gasteiger partial charge in [-0.15, -0.1) is 0 Å². The van der Waals surface area contributed by atoms with Crippen molar-refractivity contribution in [2.24, 2.45) is 11.8 Å². The Bertz CT molecular complexity index is 260. The van der Waals surface area contributed by atoms with Gasteiger partial charge >= 0.3 is 0 Å². The first kappa shape index (κ1) is 14.9. The van der Waals surface area contributed by atoms with E-state index in [1.54, 1.807) is 6.92 Å². The average Bonchev–Trinajstić information content (AvgIpc) is 2.17. The summed E-state index contributed by atoms with van der Waals surface area (Å²) in [6, 6.07) is 0.372. The van der Waals surface area contributed by atoms with Crippen molar-refractivity contribution in [1.82, 2.24) is 5.32 Å². The molecular weight excluding hydrogens is 210 g/mol. The summed E-state index contributed by atoms with van der Waals surface area (Å²) < 4.78 is 22.8. The Balaban J connectivity index is 4.32. The molecule has 4 heteroatoms. The van der Waals surface area contributed by atoms with E-state index < -0.39 is 9.84 Å². The van der Waals surface area contributed by atoms with Crippen LogP contribution in [0.4, 0.5) is 0 Å².